The number of hydrogen-bond donors (Lipinski definition) is 1. The number of carbonyl (C=O) groups is 2. The topological polar surface area (TPSA) is 95.5 Å². The minimum absolute atomic E-state index is 0.274. The fraction of sp³-hybridized carbons (Fsp3) is 0.227. The third kappa shape index (κ3) is 5.00. The highest BCUT2D eigenvalue weighted by Gasteiger charge is 2.25. The molecule has 31 heavy (non-hydrogen) atoms. The van der Waals surface area contributed by atoms with E-state index in [1.165, 1.54) is 33.1 Å². The van der Waals surface area contributed by atoms with Gasteiger partial charge in [-0.2, -0.15) is 0 Å². The van der Waals surface area contributed by atoms with E-state index in [0.717, 1.165) is 0 Å². The van der Waals surface area contributed by atoms with Gasteiger partial charge in [0.1, 0.15) is 0 Å². The van der Waals surface area contributed by atoms with Gasteiger partial charge in [-0.15, -0.1) is 0 Å². The van der Waals surface area contributed by atoms with E-state index in [9.17, 15) is 9.59 Å². The van der Waals surface area contributed by atoms with E-state index in [2.05, 4.69) is 10.3 Å². The Kier molecular flexibility index (Phi) is 7.19. The Balaban J connectivity index is 1.83. The maximum absolute atomic E-state index is 12.4. The van der Waals surface area contributed by atoms with Crippen LogP contribution in [0.1, 0.15) is 22.8 Å². The van der Waals surface area contributed by atoms with Gasteiger partial charge in [0.25, 0.3) is 5.91 Å². The Labute approximate surface area is 184 Å². The van der Waals surface area contributed by atoms with Gasteiger partial charge in [0, 0.05) is 5.56 Å². The number of methoxy groups -OCH3 is 3. The summed E-state index contributed by atoms with van der Waals surface area (Å²) in [6, 6.07) is 10.2. The normalized spacial score (nSPS) is 15.7. The molecule has 1 fully saturated rings. The summed E-state index contributed by atoms with van der Waals surface area (Å²) in [7, 11) is 4.58. The Morgan fingerprint density at radius 2 is 1.74 bits per heavy atom. The van der Waals surface area contributed by atoms with Crippen molar-refractivity contribution in [2.24, 2.45) is 4.99 Å². The van der Waals surface area contributed by atoms with Crippen LogP contribution in [0, 0.1) is 0 Å². The molecule has 1 heterocycles. The average molecular weight is 442 g/mol. The third-order valence-corrected chi connectivity index (χ3v) is 5.19. The highest BCUT2D eigenvalue weighted by molar-refractivity contribution is 8.18. The van der Waals surface area contributed by atoms with E-state index in [0.29, 0.717) is 50.7 Å². The quantitative estimate of drug-likeness (QED) is 0.515. The van der Waals surface area contributed by atoms with Crippen LogP contribution >= 0.6 is 11.8 Å². The molecule has 0 spiro atoms. The van der Waals surface area contributed by atoms with Crippen LogP contribution in [-0.4, -0.2) is 45.0 Å². The predicted molar refractivity (Wildman–Crippen MR) is 119 cm³/mol. The number of aliphatic imine (C=N–C) groups is 1. The van der Waals surface area contributed by atoms with Crippen LogP contribution in [0.5, 0.6) is 17.2 Å². The second-order valence-corrected chi connectivity index (χ2v) is 7.20. The molecule has 162 valence electrons. The van der Waals surface area contributed by atoms with E-state index in [1.54, 1.807) is 49.4 Å². The molecular weight excluding hydrogens is 420 g/mol. The number of nitrogens with zero attached hydrogens (tertiary/aromatic N) is 1. The highest BCUT2D eigenvalue weighted by Crippen LogP contribution is 2.41. The van der Waals surface area contributed by atoms with Crippen molar-refractivity contribution in [3.8, 4) is 17.2 Å². The smallest absolute Gasteiger partial charge is 0.338 e. The summed E-state index contributed by atoms with van der Waals surface area (Å²) >= 11 is 1.20. The van der Waals surface area contributed by atoms with E-state index in [1.807, 2.05) is 0 Å². The first kappa shape index (κ1) is 22.2. The molecule has 0 unspecified atom stereocenters. The Morgan fingerprint density at radius 1 is 1.03 bits per heavy atom. The number of benzene rings is 2. The molecule has 0 aromatic heterocycles. The van der Waals surface area contributed by atoms with E-state index in [-0.39, 0.29) is 11.9 Å². The maximum Gasteiger partial charge on any atom is 0.338 e. The first-order chi connectivity index (χ1) is 15.0. The molecule has 1 aliphatic heterocycles. The van der Waals surface area contributed by atoms with Gasteiger partial charge < -0.3 is 24.3 Å². The van der Waals surface area contributed by atoms with Crippen molar-refractivity contribution in [1.29, 1.82) is 0 Å². The zero-order valence-corrected chi connectivity index (χ0v) is 18.4. The molecule has 0 atom stereocenters. The fourth-order valence-electron chi connectivity index (χ4n) is 2.86. The number of rotatable bonds is 7. The summed E-state index contributed by atoms with van der Waals surface area (Å²) in [6.07, 6.45) is 1.70. The molecule has 9 heteroatoms. The summed E-state index contributed by atoms with van der Waals surface area (Å²) in [6.45, 7) is 2.06. The lowest BCUT2D eigenvalue weighted by Gasteiger charge is -2.14. The molecular formula is C22H22N2O6S. The average Bonchev–Trinajstić information content (AvgIpc) is 3.12. The van der Waals surface area contributed by atoms with Gasteiger partial charge in [-0.3, -0.25) is 4.79 Å². The van der Waals surface area contributed by atoms with E-state index < -0.39 is 0 Å². The maximum atomic E-state index is 12.4. The van der Waals surface area contributed by atoms with Gasteiger partial charge in [0.15, 0.2) is 16.7 Å². The van der Waals surface area contributed by atoms with Crippen molar-refractivity contribution in [2.45, 2.75) is 6.92 Å². The van der Waals surface area contributed by atoms with E-state index >= 15 is 0 Å². The number of amidine groups is 1. The second-order valence-electron chi connectivity index (χ2n) is 6.17. The molecule has 2 aromatic carbocycles. The van der Waals surface area contributed by atoms with Crippen LogP contribution in [0.2, 0.25) is 0 Å². The zero-order chi connectivity index (χ0) is 22.4. The summed E-state index contributed by atoms with van der Waals surface area (Å²) in [5, 5.41) is 3.17. The van der Waals surface area contributed by atoms with E-state index in [4.69, 9.17) is 18.9 Å². The molecule has 0 radical (unpaired) electrons. The summed E-state index contributed by atoms with van der Waals surface area (Å²) in [5.74, 6) is 0.766. The second kappa shape index (κ2) is 10.0. The number of ether oxygens (including phenoxy) is 4. The molecule has 0 aliphatic carbocycles. The van der Waals surface area contributed by atoms with Crippen LogP contribution < -0.4 is 19.5 Å². The Bertz CT molecular complexity index is 1050. The standard InChI is InChI=1S/C22H22N2O6S/c1-5-30-21(26)13-6-9-15(10-7-13)23-22-24-20(25)17(31-22)12-14-8-11-16(27-2)19(29-4)18(14)28-3/h6-12H,5H2,1-4H3,(H,23,24,25). The number of esters is 1. The van der Waals surface area contributed by atoms with Crippen molar-refractivity contribution in [2.75, 3.05) is 27.9 Å². The highest BCUT2D eigenvalue weighted by atomic mass is 32.2. The van der Waals surface area contributed by atoms with Crippen LogP contribution in [-0.2, 0) is 9.53 Å². The molecule has 8 nitrogen and oxygen atoms in total. The van der Waals surface area contributed by atoms with Crippen LogP contribution in [0.3, 0.4) is 0 Å². The van der Waals surface area contributed by atoms with Gasteiger partial charge in [0.05, 0.1) is 44.1 Å². The summed E-state index contributed by atoms with van der Waals surface area (Å²) in [4.78, 5) is 29.1. The zero-order valence-electron chi connectivity index (χ0n) is 17.6. The number of thioether (sulfide) groups is 1. The third-order valence-electron chi connectivity index (χ3n) is 4.28. The Morgan fingerprint density at radius 3 is 2.35 bits per heavy atom. The molecule has 1 aliphatic rings. The van der Waals surface area contributed by atoms with Crippen molar-refractivity contribution in [1.82, 2.24) is 5.32 Å². The van der Waals surface area contributed by atoms with Gasteiger partial charge in [0.2, 0.25) is 5.75 Å². The van der Waals surface area contributed by atoms with Crippen LogP contribution in [0.15, 0.2) is 46.3 Å². The number of nitrogens with one attached hydrogen (secondary N) is 1. The van der Waals surface area contributed by atoms with Crippen molar-refractivity contribution in [3.05, 3.63) is 52.4 Å². The molecule has 1 saturated heterocycles. The van der Waals surface area contributed by atoms with Gasteiger partial charge in [-0.1, -0.05) is 0 Å². The largest absolute Gasteiger partial charge is 0.493 e. The molecule has 1 amide bonds. The van der Waals surface area contributed by atoms with Crippen molar-refractivity contribution < 1.29 is 28.5 Å². The number of amides is 1. The van der Waals surface area contributed by atoms with Crippen molar-refractivity contribution >= 4 is 40.6 Å². The number of hydrogen-bond acceptors (Lipinski definition) is 8. The lowest BCUT2D eigenvalue weighted by molar-refractivity contribution is -0.115. The minimum atomic E-state index is -0.390. The van der Waals surface area contributed by atoms with Crippen LogP contribution in [0.4, 0.5) is 5.69 Å². The predicted octanol–water partition coefficient (Wildman–Crippen LogP) is 3.78. The van der Waals surface area contributed by atoms with Crippen LogP contribution in [0.25, 0.3) is 6.08 Å². The molecule has 2 aromatic rings. The lowest BCUT2D eigenvalue weighted by Crippen LogP contribution is -2.19. The monoisotopic (exact) mass is 442 g/mol. The first-order valence-corrected chi connectivity index (χ1v) is 10.2. The van der Waals surface area contributed by atoms with Gasteiger partial charge in [-0.05, 0) is 61.2 Å². The lowest BCUT2D eigenvalue weighted by atomic mass is 10.1. The summed E-state index contributed by atoms with van der Waals surface area (Å²) < 4.78 is 21.1. The van der Waals surface area contributed by atoms with Crippen molar-refractivity contribution in [3.63, 3.8) is 0 Å². The molecule has 0 bridgehead atoms. The minimum Gasteiger partial charge on any atom is -0.493 e. The molecule has 3 rings (SSSR count). The first-order valence-electron chi connectivity index (χ1n) is 9.36. The van der Waals surface area contributed by atoms with Gasteiger partial charge >= 0.3 is 5.97 Å². The SMILES string of the molecule is CCOC(=O)c1ccc(N=C2NC(=O)C(=Cc3ccc(OC)c(OC)c3OC)S2)cc1. The fourth-order valence-corrected chi connectivity index (χ4v) is 3.70. The molecule has 1 N–H and O–H groups in total. The summed E-state index contributed by atoms with van der Waals surface area (Å²) in [5.41, 5.74) is 1.70. The molecule has 0 saturated carbocycles. The Hall–Kier alpha value is -3.46. The number of carbonyl (C=O) groups excluding carboxylic acids is 2. The van der Waals surface area contributed by atoms with Gasteiger partial charge in [-0.25, -0.2) is 9.79 Å².